The Morgan fingerprint density at radius 1 is 1.41 bits per heavy atom. The molecule has 2 heterocycles. The molecule has 0 bridgehead atoms. The minimum atomic E-state index is -0.160. The first kappa shape index (κ1) is 14.8. The SMILES string of the molecule is CCc1cc2nc(Cl)n(Cc3ccccc3C#N)c(=O)c2s1. The van der Waals surface area contributed by atoms with Crippen molar-refractivity contribution in [2.75, 3.05) is 0 Å². The molecule has 0 atom stereocenters. The second kappa shape index (κ2) is 5.91. The molecule has 0 saturated carbocycles. The van der Waals surface area contributed by atoms with Crippen molar-refractivity contribution in [1.29, 1.82) is 5.26 Å². The van der Waals surface area contributed by atoms with Gasteiger partial charge in [0.15, 0.2) is 0 Å². The van der Waals surface area contributed by atoms with Gasteiger partial charge in [-0.1, -0.05) is 25.1 Å². The molecule has 0 N–H and O–H groups in total. The number of hydrogen-bond acceptors (Lipinski definition) is 4. The first-order chi connectivity index (χ1) is 10.6. The minimum absolute atomic E-state index is 0.144. The lowest BCUT2D eigenvalue weighted by Crippen LogP contribution is -2.22. The third-order valence-corrected chi connectivity index (χ3v) is 5.00. The monoisotopic (exact) mass is 329 g/mol. The lowest BCUT2D eigenvalue weighted by atomic mass is 10.1. The largest absolute Gasteiger partial charge is 0.278 e. The number of nitriles is 1. The number of thiophene rings is 1. The van der Waals surface area contributed by atoms with Crippen LogP contribution < -0.4 is 5.56 Å². The van der Waals surface area contributed by atoms with Crippen LogP contribution in [0.5, 0.6) is 0 Å². The highest BCUT2D eigenvalue weighted by Crippen LogP contribution is 2.23. The number of fused-ring (bicyclic) bond motifs is 1. The van der Waals surface area contributed by atoms with E-state index in [1.165, 1.54) is 15.9 Å². The van der Waals surface area contributed by atoms with Crippen molar-refractivity contribution in [3.05, 3.63) is 62.0 Å². The van der Waals surface area contributed by atoms with Crippen LogP contribution in [0.2, 0.25) is 5.28 Å². The van der Waals surface area contributed by atoms with Gasteiger partial charge in [0, 0.05) is 4.88 Å². The molecule has 2 aromatic heterocycles. The topological polar surface area (TPSA) is 58.7 Å². The fraction of sp³-hybridized carbons (Fsp3) is 0.188. The minimum Gasteiger partial charge on any atom is -0.278 e. The Balaban J connectivity index is 2.15. The van der Waals surface area contributed by atoms with Crippen LogP contribution in [0.15, 0.2) is 35.1 Å². The first-order valence-corrected chi connectivity index (χ1v) is 8.00. The highest BCUT2D eigenvalue weighted by atomic mass is 35.5. The average molecular weight is 330 g/mol. The van der Waals surface area contributed by atoms with Crippen molar-refractivity contribution in [1.82, 2.24) is 9.55 Å². The van der Waals surface area contributed by atoms with Crippen molar-refractivity contribution >= 4 is 33.2 Å². The average Bonchev–Trinajstić information content (AvgIpc) is 2.95. The quantitative estimate of drug-likeness (QED) is 0.690. The number of nitrogens with zero attached hydrogens (tertiary/aromatic N) is 3. The summed E-state index contributed by atoms with van der Waals surface area (Å²) in [6, 6.07) is 11.2. The maximum Gasteiger partial charge on any atom is 0.272 e. The van der Waals surface area contributed by atoms with E-state index in [2.05, 4.69) is 11.1 Å². The maximum absolute atomic E-state index is 12.6. The van der Waals surface area contributed by atoms with Gasteiger partial charge in [0.2, 0.25) is 5.28 Å². The molecular formula is C16H12ClN3OS. The molecular weight excluding hydrogens is 318 g/mol. The lowest BCUT2D eigenvalue weighted by Gasteiger charge is -2.09. The van der Waals surface area contributed by atoms with Crippen molar-refractivity contribution in [3.8, 4) is 6.07 Å². The summed E-state index contributed by atoms with van der Waals surface area (Å²) in [5, 5.41) is 9.30. The number of aryl methyl sites for hydroxylation is 1. The summed E-state index contributed by atoms with van der Waals surface area (Å²) in [4.78, 5) is 18.1. The van der Waals surface area contributed by atoms with E-state index in [1.54, 1.807) is 12.1 Å². The molecule has 3 aromatic rings. The van der Waals surface area contributed by atoms with Crippen LogP contribution in [0.25, 0.3) is 10.2 Å². The van der Waals surface area contributed by atoms with Gasteiger partial charge in [-0.25, -0.2) is 4.98 Å². The normalized spacial score (nSPS) is 10.8. The molecule has 1 aromatic carbocycles. The summed E-state index contributed by atoms with van der Waals surface area (Å²) in [5.41, 5.74) is 1.77. The molecule has 110 valence electrons. The zero-order valence-corrected chi connectivity index (χ0v) is 13.4. The predicted molar refractivity (Wildman–Crippen MR) is 88.5 cm³/mol. The fourth-order valence-electron chi connectivity index (χ4n) is 2.28. The third kappa shape index (κ3) is 2.52. The highest BCUT2D eigenvalue weighted by molar-refractivity contribution is 7.18. The van der Waals surface area contributed by atoms with Crippen LogP contribution in [0.3, 0.4) is 0 Å². The Hall–Kier alpha value is -2.16. The number of rotatable bonds is 3. The predicted octanol–water partition coefficient (Wildman–Crippen LogP) is 3.59. The van der Waals surface area contributed by atoms with Gasteiger partial charge in [-0.2, -0.15) is 5.26 Å². The van der Waals surface area contributed by atoms with Crippen molar-refractivity contribution in [3.63, 3.8) is 0 Å². The van der Waals surface area contributed by atoms with Gasteiger partial charge in [0.1, 0.15) is 4.70 Å². The summed E-state index contributed by atoms with van der Waals surface area (Å²) in [5.74, 6) is 0. The van der Waals surface area contributed by atoms with E-state index in [0.29, 0.717) is 15.8 Å². The Morgan fingerprint density at radius 3 is 2.91 bits per heavy atom. The van der Waals surface area contributed by atoms with E-state index < -0.39 is 0 Å². The van der Waals surface area contributed by atoms with Crippen molar-refractivity contribution in [2.24, 2.45) is 0 Å². The van der Waals surface area contributed by atoms with Gasteiger partial charge >= 0.3 is 0 Å². The Kier molecular flexibility index (Phi) is 3.97. The van der Waals surface area contributed by atoms with Gasteiger partial charge in [0.25, 0.3) is 5.56 Å². The maximum atomic E-state index is 12.6. The summed E-state index contributed by atoms with van der Waals surface area (Å²) in [6.07, 6.45) is 0.856. The molecule has 0 radical (unpaired) electrons. The van der Waals surface area contributed by atoms with Gasteiger partial charge in [-0.3, -0.25) is 9.36 Å². The molecule has 0 unspecified atom stereocenters. The second-order valence-electron chi connectivity index (χ2n) is 4.82. The van der Waals surface area contributed by atoms with Crippen LogP contribution in [-0.4, -0.2) is 9.55 Å². The molecule has 0 saturated heterocycles. The Labute approximate surface area is 136 Å². The lowest BCUT2D eigenvalue weighted by molar-refractivity contribution is 0.749. The Bertz CT molecular complexity index is 952. The number of hydrogen-bond donors (Lipinski definition) is 0. The van der Waals surface area contributed by atoms with E-state index in [1.807, 2.05) is 25.1 Å². The van der Waals surface area contributed by atoms with E-state index in [4.69, 9.17) is 16.9 Å². The molecule has 3 rings (SSSR count). The van der Waals surface area contributed by atoms with E-state index in [0.717, 1.165) is 16.9 Å². The number of halogens is 1. The van der Waals surface area contributed by atoms with Crippen LogP contribution >= 0.6 is 22.9 Å². The number of aromatic nitrogens is 2. The van der Waals surface area contributed by atoms with Gasteiger partial charge in [0.05, 0.1) is 23.7 Å². The summed E-state index contributed by atoms with van der Waals surface area (Å²) in [7, 11) is 0. The van der Waals surface area contributed by atoms with E-state index in [-0.39, 0.29) is 17.4 Å². The second-order valence-corrected chi connectivity index (χ2v) is 6.30. The zero-order valence-electron chi connectivity index (χ0n) is 11.8. The fourth-order valence-corrected chi connectivity index (χ4v) is 3.49. The van der Waals surface area contributed by atoms with E-state index in [9.17, 15) is 4.79 Å². The molecule has 0 aliphatic carbocycles. The summed E-state index contributed by atoms with van der Waals surface area (Å²) < 4.78 is 2.02. The molecule has 0 spiro atoms. The van der Waals surface area contributed by atoms with E-state index >= 15 is 0 Å². The third-order valence-electron chi connectivity index (χ3n) is 3.45. The number of benzene rings is 1. The standard InChI is InChI=1S/C16H12ClN3OS/c1-2-12-7-13-14(22-12)15(21)20(16(17)19-13)9-11-6-4-3-5-10(11)8-18/h3-7H,2,9H2,1H3. The zero-order chi connectivity index (χ0) is 15.7. The van der Waals surface area contributed by atoms with Crippen LogP contribution in [0.4, 0.5) is 0 Å². The van der Waals surface area contributed by atoms with Gasteiger partial charge < -0.3 is 0 Å². The molecule has 0 fully saturated rings. The smallest absolute Gasteiger partial charge is 0.272 e. The molecule has 6 heteroatoms. The first-order valence-electron chi connectivity index (χ1n) is 6.80. The highest BCUT2D eigenvalue weighted by Gasteiger charge is 2.14. The van der Waals surface area contributed by atoms with Crippen LogP contribution in [0.1, 0.15) is 22.9 Å². The van der Waals surface area contributed by atoms with Crippen molar-refractivity contribution in [2.45, 2.75) is 19.9 Å². The summed E-state index contributed by atoms with van der Waals surface area (Å²) >= 11 is 7.63. The van der Waals surface area contributed by atoms with Crippen LogP contribution in [0, 0.1) is 11.3 Å². The van der Waals surface area contributed by atoms with Gasteiger partial charge in [-0.15, -0.1) is 11.3 Å². The van der Waals surface area contributed by atoms with Gasteiger partial charge in [-0.05, 0) is 35.7 Å². The molecule has 4 nitrogen and oxygen atoms in total. The van der Waals surface area contributed by atoms with Crippen LogP contribution in [-0.2, 0) is 13.0 Å². The summed E-state index contributed by atoms with van der Waals surface area (Å²) in [6.45, 7) is 2.28. The van der Waals surface area contributed by atoms with Crippen molar-refractivity contribution < 1.29 is 0 Å². The Morgan fingerprint density at radius 2 is 2.18 bits per heavy atom. The molecule has 0 aliphatic rings. The molecule has 22 heavy (non-hydrogen) atoms. The molecule has 0 amide bonds. The molecule has 0 aliphatic heterocycles.